The minimum atomic E-state index is -0.585. The average Bonchev–Trinajstić information content (AvgIpc) is 2.76. The van der Waals surface area contributed by atoms with Gasteiger partial charge in [-0.15, -0.1) is 0 Å². The van der Waals surface area contributed by atoms with Gasteiger partial charge in [-0.25, -0.2) is 0 Å². The predicted octanol–water partition coefficient (Wildman–Crippen LogP) is 4.20. The first kappa shape index (κ1) is 12.1. The summed E-state index contributed by atoms with van der Waals surface area (Å²) < 4.78 is 5.89. The summed E-state index contributed by atoms with van der Waals surface area (Å²) in [5.41, 5.74) is 0.399. The number of Topliss-reactive ketones (excluding diaryl/α,β-unsaturated/α-hetero) is 1. The molecular weight excluding hydrogens is 280 g/mol. The third-order valence-electron chi connectivity index (χ3n) is 2.86. The quantitative estimate of drug-likeness (QED) is 0.794. The molecule has 0 amide bonds. The Bertz CT molecular complexity index is 526. The third-order valence-corrected chi connectivity index (χ3v) is 3.29. The molecule has 1 aromatic carbocycles. The molecule has 0 aliphatic heterocycles. The fraction of sp³-hybridized carbons (Fsp3) is 0.214. The van der Waals surface area contributed by atoms with Crippen LogP contribution in [-0.4, -0.2) is 5.78 Å². The van der Waals surface area contributed by atoms with Gasteiger partial charge in [-0.1, -0.05) is 30.3 Å². The van der Waals surface area contributed by atoms with Gasteiger partial charge in [-0.05, 0) is 47.5 Å². The summed E-state index contributed by atoms with van der Waals surface area (Å²) in [4.78, 5) is 12.4. The van der Waals surface area contributed by atoms with E-state index in [2.05, 4.69) is 15.9 Å². The van der Waals surface area contributed by atoms with E-state index in [4.69, 9.17) is 4.42 Å². The van der Waals surface area contributed by atoms with Crippen LogP contribution in [0.5, 0.6) is 0 Å². The van der Waals surface area contributed by atoms with Gasteiger partial charge in [-0.3, -0.25) is 4.79 Å². The maximum Gasteiger partial charge on any atom is 0.207 e. The first-order valence-electron chi connectivity index (χ1n) is 5.37. The molecule has 0 saturated heterocycles. The molecule has 1 heterocycles. The van der Waals surface area contributed by atoms with E-state index in [1.807, 2.05) is 44.2 Å². The first-order chi connectivity index (χ1) is 8.01. The lowest BCUT2D eigenvalue weighted by Gasteiger charge is -2.22. The molecule has 2 aromatic rings. The molecule has 0 atom stereocenters. The zero-order valence-electron chi connectivity index (χ0n) is 9.74. The van der Waals surface area contributed by atoms with E-state index < -0.39 is 5.41 Å². The number of carbonyl (C=O) groups excluding carboxylic acids is 1. The molecular formula is C14H13BrO2. The third kappa shape index (κ3) is 2.34. The lowest BCUT2D eigenvalue weighted by molar-refractivity contribution is 0.0878. The lowest BCUT2D eigenvalue weighted by Crippen LogP contribution is -2.28. The molecule has 88 valence electrons. The second kappa shape index (κ2) is 4.49. The fourth-order valence-corrected chi connectivity index (χ4v) is 2.04. The van der Waals surface area contributed by atoms with Crippen molar-refractivity contribution in [2.24, 2.45) is 0 Å². The standard InChI is InChI=1S/C14H13BrO2/c1-14(2,10-6-4-3-5-7-10)13(16)11-8-9-12(15)17-11/h3-9H,1-2H3. The van der Waals surface area contributed by atoms with E-state index in [0.29, 0.717) is 10.4 Å². The number of carbonyl (C=O) groups is 1. The fourth-order valence-electron chi connectivity index (χ4n) is 1.73. The van der Waals surface area contributed by atoms with Gasteiger partial charge in [0, 0.05) is 0 Å². The van der Waals surface area contributed by atoms with E-state index in [1.54, 1.807) is 12.1 Å². The van der Waals surface area contributed by atoms with Crippen molar-refractivity contribution in [2.45, 2.75) is 19.3 Å². The van der Waals surface area contributed by atoms with E-state index in [9.17, 15) is 4.79 Å². The number of hydrogen-bond acceptors (Lipinski definition) is 2. The minimum absolute atomic E-state index is 0.0191. The van der Waals surface area contributed by atoms with Gasteiger partial charge in [0.2, 0.25) is 5.78 Å². The Hall–Kier alpha value is -1.35. The molecule has 0 saturated carbocycles. The summed E-state index contributed by atoms with van der Waals surface area (Å²) in [7, 11) is 0. The normalized spacial score (nSPS) is 11.5. The van der Waals surface area contributed by atoms with E-state index >= 15 is 0 Å². The number of benzene rings is 1. The molecule has 0 N–H and O–H groups in total. The van der Waals surface area contributed by atoms with Crippen molar-refractivity contribution >= 4 is 21.7 Å². The molecule has 2 nitrogen and oxygen atoms in total. The SMILES string of the molecule is CC(C)(C(=O)c1ccc(Br)o1)c1ccccc1. The molecule has 0 aliphatic carbocycles. The van der Waals surface area contributed by atoms with Crippen molar-refractivity contribution in [1.82, 2.24) is 0 Å². The first-order valence-corrected chi connectivity index (χ1v) is 6.17. The van der Waals surface area contributed by atoms with Crippen LogP contribution in [0.3, 0.4) is 0 Å². The van der Waals surface area contributed by atoms with Gasteiger partial charge in [0.05, 0.1) is 5.41 Å². The van der Waals surface area contributed by atoms with Crippen molar-refractivity contribution < 1.29 is 9.21 Å². The molecule has 1 aromatic heterocycles. The zero-order chi connectivity index (χ0) is 12.5. The van der Waals surface area contributed by atoms with Crippen LogP contribution in [0.2, 0.25) is 0 Å². The Balaban J connectivity index is 2.36. The maximum atomic E-state index is 12.4. The summed E-state index contributed by atoms with van der Waals surface area (Å²) in [5.74, 6) is 0.361. The molecule has 2 rings (SSSR count). The molecule has 3 heteroatoms. The van der Waals surface area contributed by atoms with Gasteiger partial charge >= 0.3 is 0 Å². The minimum Gasteiger partial charge on any atom is -0.446 e. The van der Waals surface area contributed by atoms with Crippen molar-refractivity contribution in [3.8, 4) is 0 Å². The number of halogens is 1. The Kier molecular flexibility index (Phi) is 3.20. The Labute approximate surface area is 109 Å². The summed E-state index contributed by atoms with van der Waals surface area (Å²) in [5, 5.41) is 0. The molecule has 0 aliphatic rings. The van der Waals surface area contributed by atoms with Crippen LogP contribution >= 0.6 is 15.9 Å². The number of rotatable bonds is 3. The van der Waals surface area contributed by atoms with Crippen LogP contribution in [0, 0.1) is 0 Å². The highest BCUT2D eigenvalue weighted by Gasteiger charge is 2.32. The van der Waals surface area contributed by atoms with Gasteiger partial charge in [0.25, 0.3) is 0 Å². The second-order valence-corrected chi connectivity index (χ2v) is 5.21. The summed E-state index contributed by atoms with van der Waals surface area (Å²) >= 11 is 3.20. The number of ketones is 1. The Morgan fingerprint density at radius 2 is 1.76 bits per heavy atom. The van der Waals surface area contributed by atoms with Crippen molar-refractivity contribution in [2.75, 3.05) is 0 Å². The molecule has 0 bridgehead atoms. The highest BCUT2D eigenvalue weighted by molar-refractivity contribution is 9.10. The van der Waals surface area contributed by atoms with Crippen molar-refractivity contribution in [3.05, 3.63) is 58.5 Å². The largest absolute Gasteiger partial charge is 0.446 e. The highest BCUT2D eigenvalue weighted by atomic mass is 79.9. The monoisotopic (exact) mass is 292 g/mol. The van der Waals surface area contributed by atoms with E-state index in [-0.39, 0.29) is 5.78 Å². The van der Waals surface area contributed by atoms with Crippen LogP contribution in [0.4, 0.5) is 0 Å². The molecule has 0 fully saturated rings. The smallest absolute Gasteiger partial charge is 0.207 e. The topological polar surface area (TPSA) is 30.2 Å². The van der Waals surface area contributed by atoms with E-state index in [1.165, 1.54) is 0 Å². The maximum absolute atomic E-state index is 12.4. The van der Waals surface area contributed by atoms with Crippen LogP contribution < -0.4 is 0 Å². The number of furan rings is 1. The zero-order valence-corrected chi connectivity index (χ0v) is 11.3. The molecule has 0 spiro atoms. The highest BCUT2D eigenvalue weighted by Crippen LogP contribution is 2.29. The van der Waals surface area contributed by atoms with E-state index in [0.717, 1.165) is 5.56 Å². The van der Waals surface area contributed by atoms with Gasteiger partial charge in [0.15, 0.2) is 10.4 Å². The van der Waals surface area contributed by atoms with Crippen LogP contribution in [-0.2, 0) is 5.41 Å². The second-order valence-electron chi connectivity index (χ2n) is 4.42. The molecule has 0 unspecified atom stereocenters. The predicted molar refractivity (Wildman–Crippen MR) is 70.2 cm³/mol. The summed E-state index contributed by atoms with van der Waals surface area (Å²) in [6.45, 7) is 3.81. The molecule has 0 radical (unpaired) electrons. The average molecular weight is 293 g/mol. The van der Waals surface area contributed by atoms with Crippen LogP contribution in [0.25, 0.3) is 0 Å². The lowest BCUT2D eigenvalue weighted by atomic mass is 9.80. The van der Waals surface area contributed by atoms with Crippen molar-refractivity contribution in [1.29, 1.82) is 0 Å². The van der Waals surface area contributed by atoms with Gasteiger partial charge in [0.1, 0.15) is 0 Å². The van der Waals surface area contributed by atoms with Gasteiger partial charge < -0.3 is 4.42 Å². The molecule has 17 heavy (non-hydrogen) atoms. The van der Waals surface area contributed by atoms with Crippen LogP contribution in [0.1, 0.15) is 30.0 Å². The number of hydrogen-bond donors (Lipinski definition) is 0. The summed E-state index contributed by atoms with van der Waals surface area (Å²) in [6, 6.07) is 13.1. The van der Waals surface area contributed by atoms with Gasteiger partial charge in [-0.2, -0.15) is 0 Å². The Morgan fingerprint density at radius 1 is 1.12 bits per heavy atom. The summed E-state index contributed by atoms with van der Waals surface area (Å²) in [6.07, 6.45) is 0. The van der Waals surface area contributed by atoms with Crippen molar-refractivity contribution in [3.63, 3.8) is 0 Å². The Morgan fingerprint density at radius 3 is 2.29 bits per heavy atom. The van der Waals surface area contributed by atoms with Crippen LogP contribution in [0.15, 0.2) is 51.6 Å².